The molecule has 0 radical (unpaired) electrons. The van der Waals surface area contributed by atoms with E-state index in [9.17, 15) is 13.6 Å². The van der Waals surface area contributed by atoms with E-state index in [-0.39, 0.29) is 18.1 Å². The van der Waals surface area contributed by atoms with Crippen LogP contribution in [-0.2, 0) is 4.79 Å². The van der Waals surface area contributed by atoms with E-state index in [2.05, 4.69) is 0 Å². The van der Waals surface area contributed by atoms with Gasteiger partial charge in [-0.3, -0.25) is 4.79 Å². The van der Waals surface area contributed by atoms with Gasteiger partial charge in [0.15, 0.2) is 0 Å². The second-order valence-corrected chi connectivity index (χ2v) is 3.16. The summed E-state index contributed by atoms with van der Waals surface area (Å²) in [5.41, 5.74) is 0. The Bertz CT molecular complexity index is 178. The molecule has 0 N–H and O–H groups in total. The van der Waals surface area contributed by atoms with Crippen LogP contribution in [0.1, 0.15) is 12.8 Å². The van der Waals surface area contributed by atoms with E-state index in [1.54, 1.807) is 0 Å². The highest BCUT2D eigenvalue weighted by Crippen LogP contribution is 2.45. The van der Waals surface area contributed by atoms with Crippen molar-refractivity contribution < 1.29 is 13.6 Å². The highest BCUT2D eigenvalue weighted by molar-refractivity contribution is 5.85. The molecule has 2 rings (SSSR count). The van der Waals surface area contributed by atoms with Gasteiger partial charge in [-0.2, -0.15) is 0 Å². The second-order valence-electron chi connectivity index (χ2n) is 3.16. The number of ketones is 1. The number of halogens is 2. The van der Waals surface area contributed by atoms with Gasteiger partial charge in [0, 0.05) is 12.3 Å². The third-order valence-corrected chi connectivity index (χ3v) is 2.57. The van der Waals surface area contributed by atoms with Crippen molar-refractivity contribution in [2.24, 2.45) is 11.8 Å². The third kappa shape index (κ3) is 0.580. The van der Waals surface area contributed by atoms with Gasteiger partial charge in [0.25, 0.3) is 0 Å². The third-order valence-electron chi connectivity index (χ3n) is 2.57. The molecule has 2 aliphatic carbocycles. The Morgan fingerprint density at radius 3 is 2.40 bits per heavy atom. The van der Waals surface area contributed by atoms with Crippen molar-refractivity contribution in [3.05, 3.63) is 0 Å². The topological polar surface area (TPSA) is 17.1 Å². The van der Waals surface area contributed by atoms with Crippen molar-refractivity contribution in [1.29, 1.82) is 0 Å². The SMILES string of the molecule is O=C1CC2CC1C(F)C2F. The Morgan fingerprint density at radius 1 is 1.30 bits per heavy atom. The maximum absolute atomic E-state index is 12.7. The summed E-state index contributed by atoms with van der Waals surface area (Å²) in [7, 11) is 0. The quantitative estimate of drug-likeness (QED) is 0.503. The molecule has 0 spiro atoms. The molecule has 1 nitrogen and oxygen atoms in total. The number of carbonyl (C=O) groups is 1. The van der Waals surface area contributed by atoms with Crippen LogP contribution in [0.5, 0.6) is 0 Å². The van der Waals surface area contributed by atoms with Gasteiger partial charge >= 0.3 is 0 Å². The van der Waals surface area contributed by atoms with Gasteiger partial charge < -0.3 is 0 Å². The van der Waals surface area contributed by atoms with E-state index in [4.69, 9.17) is 0 Å². The molecule has 0 aliphatic heterocycles. The number of rotatable bonds is 0. The van der Waals surface area contributed by atoms with E-state index in [1.165, 1.54) is 0 Å². The first-order chi connectivity index (χ1) is 4.70. The van der Waals surface area contributed by atoms with E-state index in [0.717, 1.165) is 0 Å². The normalized spacial score (nSPS) is 52.4. The molecule has 2 fully saturated rings. The fourth-order valence-electron chi connectivity index (χ4n) is 1.98. The first-order valence-electron chi connectivity index (χ1n) is 3.51. The summed E-state index contributed by atoms with van der Waals surface area (Å²) >= 11 is 0. The molecule has 4 unspecified atom stereocenters. The van der Waals surface area contributed by atoms with E-state index >= 15 is 0 Å². The highest BCUT2D eigenvalue weighted by atomic mass is 19.2. The van der Waals surface area contributed by atoms with Gasteiger partial charge in [-0.25, -0.2) is 8.78 Å². The number of fused-ring (bicyclic) bond motifs is 2. The molecule has 0 amide bonds. The number of hydrogen-bond acceptors (Lipinski definition) is 1. The Kier molecular flexibility index (Phi) is 1.11. The Hall–Kier alpha value is -0.470. The van der Waals surface area contributed by atoms with Crippen molar-refractivity contribution in [2.75, 3.05) is 0 Å². The average Bonchev–Trinajstić information content (AvgIpc) is 2.36. The number of hydrogen-bond donors (Lipinski definition) is 0. The summed E-state index contributed by atoms with van der Waals surface area (Å²) in [6.45, 7) is 0. The van der Waals surface area contributed by atoms with Gasteiger partial charge in [0.1, 0.15) is 18.1 Å². The molecule has 2 saturated carbocycles. The monoisotopic (exact) mass is 146 g/mol. The fourth-order valence-corrected chi connectivity index (χ4v) is 1.98. The molecule has 0 aromatic rings. The molecular formula is C7H8F2O. The lowest BCUT2D eigenvalue weighted by Crippen LogP contribution is -2.30. The molecule has 2 aliphatic rings. The summed E-state index contributed by atoms with van der Waals surface area (Å²) < 4.78 is 25.3. The second kappa shape index (κ2) is 1.77. The Labute approximate surface area is 57.4 Å². The van der Waals surface area contributed by atoms with Crippen LogP contribution in [0.4, 0.5) is 8.78 Å². The van der Waals surface area contributed by atoms with Gasteiger partial charge in [-0.05, 0) is 6.42 Å². The lowest BCUT2D eigenvalue weighted by molar-refractivity contribution is -0.125. The van der Waals surface area contributed by atoms with Gasteiger partial charge in [-0.1, -0.05) is 0 Å². The summed E-state index contributed by atoms with van der Waals surface area (Å²) in [4.78, 5) is 10.8. The zero-order chi connectivity index (χ0) is 7.30. The summed E-state index contributed by atoms with van der Waals surface area (Å²) in [6, 6.07) is 0. The largest absolute Gasteiger partial charge is 0.299 e. The molecule has 0 aromatic carbocycles. The van der Waals surface area contributed by atoms with Gasteiger partial charge in [0.05, 0.1) is 5.92 Å². The molecule has 2 bridgehead atoms. The number of Topliss-reactive ketones (excluding diaryl/α,β-unsaturated/α-hetero) is 1. The van der Waals surface area contributed by atoms with Crippen molar-refractivity contribution in [2.45, 2.75) is 25.2 Å². The zero-order valence-electron chi connectivity index (χ0n) is 5.39. The summed E-state index contributed by atoms with van der Waals surface area (Å²) in [5, 5.41) is 0. The Balaban J connectivity index is 2.24. The van der Waals surface area contributed by atoms with E-state index in [1.807, 2.05) is 0 Å². The minimum Gasteiger partial charge on any atom is -0.299 e. The standard InChI is InChI=1S/C7H8F2O/c8-6-3-1-4(7(6)9)5(10)2-3/h3-4,6-7H,1-2H2. The maximum Gasteiger partial charge on any atom is 0.141 e. The number of alkyl halides is 2. The van der Waals surface area contributed by atoms with E-state index < -0.39 is 18.3 Å². The lowest BCUT2D eigenvalue weighted by atomic mass is 9.96. The fraction of sp³-hybridized carbons (Fsp3) is 0.857. The maximum atomic E-state index is 12.7. The molecule has 3 heteroatoms. The highest BCUT2D eigenvalue weighted by Gasteiger charge is 2.53. The summed E-state index contributed by atoms with van der Waals surface area (Å²) in [6.07, 6.45) is -2.14. The van der Waals surface area contributed by atoms with Gasteiger partial charge in [-0.15, -0.1) is 0 Å². The van der Waals surface area contributed by atoms with Gasteiger partial charge in [0.2, 0.25) is 0 Å². The molecule has 10 heavy (non-hydrogen) atoms. The molecule has 0 aromatic heterocycles. The van der Waals surface area contributed by atoms with Crippen molar-refractivity contribution in [1.82, 2.24) is 0 Å². The molecule has 0 heterocycles. The van der Waals surface area contributed by atoms with E-state index in [0.29, 0.717) is 6.42 Å². The van der Waals surface area contributed by atoms with Crippen molar-refractivity contribution in [3.8, 4) is 0 Å². The van der Waals surface area contributed by atoms with Crippen LogP contribution >= 0.6 is 0 Å². The molecule has 0 saturated heterocycles. The Morgan fingerprint density at radius 2 is 2.00 bits per heavy atom. The predicted octanol–water partition coefficient (Wildman–Crippen LogP) is 1.27. The van der Waals surface area contributed by atoms with Crippen molar-refractivity contribution in [3.63, 3.8) is 0 Å². The van der Waals surface area contributed by atoms with Crippen LogP contribution in [0, 0.1) is 11.8 Å². The van der Waals surface area contributed by atoms with Crippen LogP contribution in [0.3, 0.4) is 0 Å². The molecule has 4 atom stereocenters. The molecular weight excluding hydrogens is 138 g/mol. The van der Waals surface area contributed by atoms with Crippen LogP contribution < -0.4 is 0 Å². The number of carbonyl (C=O) groups excluding carboxylic acids is 1. The lowest BCUT2D eigenvalue weighted by Gasteiger charge is -2.16. The minimum atomic E-state index is -1.49. The smallest absolute Gasteiger partial charge is 0.141 e. The minimum absolute atomic E-state index is 0.0774. The van der Waals surface area contributed by atoms with Crippen LogP contribution in [0.2, 0.25) is 0 Å². The predicted molar refractivity (Wildman–Crippen MR) is 31.0 cm³/mol. The van der Waals surface area contributed by atoms with Crippen LogP contribution in [0.15, 0.2) is 0 Å². The zero-order valence-corrected chi connectivity index (χ0v) is 5.39. The van der Waals surface area contributed by atoms with Crippen LogP contribution in [-0.4, -0.2) is 18.1 Å². The van der Waals surface area contributed by atoms with Crippen LogP contribution in [0.25, 0.3) is 0 Å². The first-order valence-corrected chi connectivity index (χ1v) is 3.51. The summed E-state index contributed by atoms with van der Waals surface area (Å²) in [5.74, 6) is -0.973. The first kappa shape index (κ1) is 6.25. The molecule has 56 valence electrons. The van der Waals surface area contributed by atoms with Crippen molar-refractivity contribution >= 4 is 5.78 Å². The average molecular weight is 146 g/mol.